The zero-order valence-electron chi connectivity index (χ0n) is 22.1. The van der Waals surface area contributed by atoms with Crippen LogP contribution in [0.25, 0.3) is 0 Å². The van der Waals surface area contributed by atoms with Crippen LogP contribution < -0.4 is 9.80 Å². The third-order valence-electron chi connectivity index (χ3n) is 9.34. The number of nitrogens with zero attached hydrogens (tertiary/aromatic N) is 5. The second-order valence-electron chi connectivity index (χ2n) is 12.0. The van der Waals surface area contributed by atoms with E-state index in [-0.39, 0.29) is 5.41 Å². The van der Waals surface area contributed by atoms with Gasteiger partial charge in [0.25, 0.3) is 0 Å². The Morgan fingerprint density at radius 2 is 1.51 bits per heavy atom. The molecule has 2 aromatic carbocycles. The Morgan fingerprint density at radius 3 is 2.14 bits per heavy atom. The van der Waals surface area contributed by atoms with Crippen molar-refractivity contribution >= 4 is 11.6 Å². The van der Waals surface area contributed by atoms with Crippen molar-refractivity contribution in [3.63, 3.8) is 0 Å². The van der Waals surface area contributed by atoms with E-state index in [4.69, 9.17) is 14.7 Å². The van der Waals surface area contributed by atoms with Gasteiger partial charge >= 0.3 is 0 Å². The fraction of sp³-hybridized carbons (Fsp3) is 0.484. The molecule has 0 radical (unpaired) electrons. The minimum Gasteiger partial charge on any atom is -0.379 e. The van der Waals surface area contributed by atoms with E-state index < -0.39 is 0 Å². The van der Waals surface area contributed by atoms with Crippen LogP contribution in [0.3, 0.4) is 0 Å². The molecule has 6 nitrogen and oxygen atoms in total. The van der Waals surface area contributed by atoms with Crippen molar-refractivity contribution in [2.75, 3.05) is 62.8 Å². The van der Waals surface area contributed by atoms with Gasteiger partial charge in [0.05, 0.1) is 30.9 Å². The largest absolute Gasteiger partial charge is 0.379 e. The lowest BCUT2D eigenvalue weighted by molar-refractivity contribution is -0.0379. The number of fused-ring (bicyclic) bond motifs is 1. The first kappa shape index (κ1) is 23.2. The number of likely N-dealkylation sites (tertiary alicyclic amines) is 1. The third-order valence-corrected chi connectivity index (χ3v) is 9.34. The van der Waals surface area contributed by atoms with Crippen LogP contribution in [0.2, 0.25) is 0 Å². The van der Waals surface area contributed by atoms with Gasteiger partial charge in [0, 0.05) is 44.6 Å². The van der Waals surface area contributed by atoms with Gasteiger partial charge in [0.1, 0.15) is 0 Å². The van der Waals surface area contributed by atoms with Crippen LogP contribution in [0.1, 0.15) is 40.8 Å². The predicted octanol–water partition coefficient (Wildman–Crippen LogP) is 4.20. The molecule has 0 N–H and O–H groups in total. The number of hydrogen-bond donors (Lipinski definition) is 0. The summed E-state index contributed by atoms with van der Waals surface area (Å²) in [6.07, 6.45) is 5.59. The molecule has 3 fully saturated rings. The van der Waals surface area contributed by atoms with Gasteiger partial charge < -0.3 is 19.4 Å². The quantitative estimate of drug-likeness (QED) is 0.541. The molecule has 192 valence electrons. The van der Waals surface area contributed by atoms with Crippen molar-refractivity contribution in [1.82, 2.24) is 14.9 Å². The van der Waals surface area contributed by atoms with Crippen molar-refractivity contribution in [3.8, 4) is 0 Å². The molecule has 7 rings (SSSR count). The van der Waals surface area contributed by atoms with E-state index in [9.17, 15) is 0 Å². The average molecular weight is 496 g/mol. The molecule has 0 bridgehead atoms. The molecule has 37 heavy (non-hydrogen) atoms. The van der Waals surface area contributed by atoms with Crippen LogP contribution in [-0.4, -0.2) is 67.9 Å². The van der Waals surface area contributed by atoms with E-state index >= 15 is 0 Å². The van der Waals surface area contributed by atoms with Crippen molar-refractivity contribution in [1.29, 1.82) is 0 Å². The smallest absolute Gasteiger partial charge is 0.225 e. The van der Waals surface area contributed by atoms with Crippen LogP contribution in [-0.2, 0) is 23.1 Å². The molecule has 0 saturated carbocycles. The number of hydrogen-bond acceptors (Lipinski definition) is 6. The zero-order chi connectivity index (χ0) is 25.0. The van der Waals surface area contributed by atoms with Crippen molar-refractivity contribution in [2.24, 2.45) is 5.41 Å². The minimum atomic E-state index is -0.0230. The average Bonchev–Trinajstić information content (AvgIpc) is 2.89. The van der Waals surface area contributed by atoms with E-state index in [1.165, 1.54) is 59.6 Å². The molecule has 1 spiro atoms. The summed E-state index contributed by atoms with van der Waals surface area (Å²) in [6, 6.07) is 18.1. The Hall–Kier alpha value is -2.96. The highest BCUT2D eigenvalue weighted by Gasteiger charge is 2.44. The minimum absolute atomic E-state index is 0.0230. The first-order valence-electron chi connectivity index (χ1n) is 13.8. The lowest BCUT2D eigenvalue weighted by Gasteiger charge is -2.52. The molecule has 4 aliphatic heterocycles. The van der Waals surface area contributed by atoms with Crippen LogP contribution in [0.5, 0.6) is 0 Å². The second-order valence-corrected chi connectivity index (χ2v) is 12.0. The molecule has 6 heteroatoms. The van der Waals surface area contributed by atoms with E-state index in [2.05, 4.69) is 83.4 Å². The third kappa shape index (κ3) is 4.02. The molecule has 0 unspecified atom stereocenters. The summed E-state index contributed by atoms with van der Waals surface area (Å²) in [4.78, 5) is 17.2. The Kier molecular flexibility index (Phi) is 5.52. The number of piperidine rings is 1. The number of anilines is 2. The summed E-state index contributed by atoms with van der Waals surface area (Å²) in [6.45, 7) is 10.1. The lowest BCUT2D eigenvalue weighted by atomic mass is 9.72. The van der Waals surface area contributed by atoms with Crippen molar-refractivity contribution in [3.05, 3.63) is 82.7 Å². The maximum absolute atomic E-state index is 5.72. The Bertz CT molecular complexity index is 1270. The number of aryl methyl sites for hydroxylation is 1. The fourth-order valence-corrected chi connectivity index (χ4v) is 6.93. The molecule has 1 aromatic heterocycles. The highest BCUT2D eigenvalue weighted by Crippen LogP contribution is 2.41. The standard InChI is InChI=1S/C31H37N5O/c1-23-3-5-25(6-4-23)31(21-37-22-31)26-7-9-27(10-8-26)36-14-11-24-17-32-29(33-28(24)18-36)35-15-12-30(13-16-35)19-34(2)20-30/h3-10,17H,11-16,18-22H2,1-2H3. The maximum atomic E-state index is 5.72. The van der Waals surface area contributed by atoms with Gasteiger partial charge in [-0.05, 0) is 67.5 Å². The van der Waals surface area contributed by atoms with Crippen LogP contribution in [0.15, 0.2) is 54.7 Å². The molecular weight excluding hydrogens is 458 g/mol. The molecule has 5 heterocycles. The maximum Gasteiger partial charge on any atom is 0.225 e. The molecule has 0 aliphatic carbocycles. The summed E-state index contributed by atoms with van der Waals surface area (Å²) in [7, 11) is 2.23. The van der Waals surface area contributed by atoms with Crippen LogP contribution in [0.4, 0.5) is 11.6 Å². The second kappa shape index (κ2) is 8.81. The summed E-state index contributed by atoms with van der Waals surface area (Å²) in [5.41, 5.74) is 8.26. The van der Waals surface area contributed by atoms with Gasteiger partial charge in [-0.25, -0.2) is 9.97 Å². The van der Waals surface area contributed by atoms with Gasteiger partial charge in [-0.2, -0.15) is 0 Å². The first-order valence-corrected chi connectivity index (χ1v) is 13.8. The molecule has 3 aromatic rings. The Labute approximate surface area is 220 Å². The van der Waals surface area contributed by atoms with E-state index in [1.54, 1.807) is 0 Å². The highest BCUT2D eigenvalue weighted by molar-refractivity contribution is 5.53. The van der Waals surface area contributed by atoms with E-state index in [1.807, 2.05) is 0 Å². The number of aromatic nitrogens is 2. The van der Waals surface area contributed by atoms with E-state index in [0.29, 0.717) is 5.41 Å². The first-order chi connectivity index (χ1) is 18.0. The highest BCUT2D eigenvalue weighted by atomic mass is 16.5. The fourth-order valence-electron chi connectivity index (χ4n) is 6.93. The van der Waals surface area contributed by atoms with Gasteiger partial charge in [0.2, 0.25) is 5.95 Å². The molecule has 0 atom stereocenters. The monoisotopic (exact) mass is 495 g/mol. The normalized spacial score (nSPS) is 22.3. The zero-order valence-corrected chi connectivity index (χ0v) is 22.1. The Balaban J connectivity index is 1.06. The van der Waals surface area contributed by atoms with Gasteiger partial charge in [-0.15, -0.1) is 0 Å². The number of ether oxygens (including phenoxy) is 1. The Morgan fingerprint density at radius 1 is 0.838 bits per heavy atom. The van der Waals surface area contributed by atoms with E-state index in [0.717, 1.165) is 51.8 Å². The predicted molar refractivity (Wildman–Crippen MR) is 147 cm³/mol. The number of rotatable bonds is 4. The van der Waals surface area contributed by atoms with Gasteiger partial charge in [-0.3, -0.25) is 0 Å². The van der Waals surface area contributed by atoms with Gasteiger partial charge in [-0.1, -0.05) is 42.0 Å². The molecule has 0 amide bonds. The van der Waals surface area contributed by atoms with Gasteiger partial charge in [0.15, 0.2) is 0 Å². The number of benzene rings is 2. The molecule has 4 aliphatic rings. The SMILES string of the molecule is Cc1ccc(C2(c3ccc(N4CCc5cnc(N6CCC7(CC6)CN(C)C7)nc5C4)cc3)COC2)cc1. The van der Waals surface area contributed by atoms with Crippen LogP contribution in [0, 0.1) is 12.3 Å². The summed E-state index contributed by atoms with van der Waals surface area (Å²) >= 11 is 0. The summed E-state index contributed by atoms with van der Waals surface area (Å²) < 4.78 is 5.72. The molecule has 3 saturated heterocycles. The molecular formula is C31H37N5O. The summed E-state index contributed by atoms with van der Waals surface area (Å²) in [5, 5.41) is 0. The van der Waals surface area contributed by atoms with Crippen molar-refractivity contribution < 1.29 is 4.74 Å². The lowest BCUT2D eigenvalue weighted by Crippen LogP contribution is -2.58. The van der Waals surface area contributed by atoms with Crippen LogP contribution >= 0.6 is 0 Å². The van der Waals surface area contributed by atoms with Crippen molar-refractivity contribution in [2.45, 2.75) is 38.1 Å². The topological polar surface area (TPSA) is 44.7 Å². The summed E-state index contributed by atoms with van der Waals surface area (Å²) in [5.74, 6) is 0.920.